The van der Waals surface area contributed by atoms with Crippen LogP contribution in [0.1, 0.15) is 41.2 Å². The number of ether oxygens (including phenoxy) is 2. The van der Waals surface area contributed by atoms with Gasteiger partial charge in [0.25, 0.3) is 5.91 Å². The van der Waals surface area contributed by atoms with Gasteiger partial charge in [0.1, 0.15) is 5.75 Å². The molecule has 1 aliphatic rings. The SMILES string of the molecule is COC(=O)C[C@H](NC(=O)c1ccc(N2CCCC2=O)cc1)c1ccc(OC)cc1. The second kappa shape index (κ2) is 9.23. The minimum absolute atomic E-state index is 0.00886. The zero-order valence-corrected chi connectivity index (χ0v) is 16.5. The van der Waals surface area contributed by atoms with Gasteiger partial charge >= 0.3 is 5.97 Å². The van der Waals surface area contributed by atoms with Crippen molar-refractivity contribution in [3.8, 4) is 5.75 Å². The first-order valence-corrected chi connectivity index (χ1v) is 9.44. The fourth-order valence-electron chi connectivity index (χ4n) is 3.29. The van der Waals surface area contributed by atoms with Crippen LogP contribution in [-0.4, -0.2) is 38.5 Å². The summed E-state index contributed by atoms with van der Waals surface area (Å²) in [5.74, 6) is 0.0480. The van der Waals surface area contributed by atoms with E-state index in [2.05, 4.69) is 5.32 Å². The monoisotopic (exact) mass is 396 g/mol. The fourth-order valence-corrected chi connectivity index (χ4v) is 3.29. The van der Waals surface area contributed by atoms with Crippen molar-refractivity contribution < 1.29 is 23.9 Å². The topological polar surface area (TPSA) is 84.9 Å². The number of anilines is 1. The normalized spacial score (nSPS) is 14.4. The quantitative estimate of drug-likeness (QED) is 0.728. The van der Waals surface area contributed by atoms with Gasteiger partial charge in [-0.15, -0.1) is 0 Å². The van der Waals surface area contributed by atoms with Crippen LogP contribution in [0, 0.1) is 0 Å². The number of nitrogens with zero attached hydrogens (tertiary/aromatic N) is 1. The van der Waals surface area contributed by atoms with E-state index in [1.807, 2.05) is 0 Å². The molecule has 1 saturated heterocycles. The van der Waals surface area contributed by atoms with Crippen LogP contribution in [0.2, 0.25) is 0 Å². The van der Waals surface area contributed by atoms with Crippen LogP contribution in [0.3, 0.4) is 0 Å². The number of carbonyl (C=O) groups is 3. The first-order chi connectivity index (χ1) is 14.0. The maximum absolute atomic E-state index is 12.7. The summed E-state index contributed by atoms with van der Waals surface area (Å²) >= 11 is 0. The molecule has 7 heteroatoms. The smallest absolute Gasteiger partial charge is 0.307 e. The number of amides is 2. The van der Waals surface area contributed by atoms with Crippen molar-refractivity contribution in [1.82, 2.24) is 5.32 Å². The summed E-state index contributed by atoms with van der Waals surface area (Å²) in [5.41, 5.74) is 2.00. The largest absolute Gasteiger partial charge is 0.497 e. The van der Waals surface area contributed by atoms with Crippen LogP contribution in [0.25, 0.3) is 0 Å². The predicted octanol–water partition coefficient (Wildman–Crippen LogP) is 2.86. The second-order valence-corrected chi connectivity index (χ2v) is 6.78. The molecular formula is C22H24N2O5. The van der Waals surface area contributed by atoms with Gasteiger partial charge in [-0.1, -0.05) is 12.1 Å². The third kappa shape index (κ3) is 4.93. The Morgan fingerprint density at radius 1 is 1.07 bits per heavy atom. The van der Waals surface area contributed by atoms with E-state index in [9.17, 15) is 14.4 Å². The van der Waals surface area contributed by atoms with Gasteiger partial charge in [0.05, 0.1) is 26.7 Å². The summed E-state index contributed by atoms with van der Waals surface area (Å²) < 4.78 is 9.92. The second-order valence-electron chi connectivity index (χ2n) is 6.78. The van der Waals surface area contributed by atoms with Gasteiger partial charge in [0.15, 0.2) is 0 Å². The molecule has 0 radical (unpaired) electrons. The molecule has 0 aliphatic carbocycles. The summed E-state index contributed by atoms with van der Waals surface area (Å²) in [6.45, 7) is 0.697. The molecule has 0 saturated carbocycles. The Labute approximate surface area is 169 Å². The van der Waals surface area contributed by atoms with Crippen molar-refractivity contribution in [3.05, 3.63) is 59.7 Å². The fraction of sp³-hybridized carbons (Fsp3) is 0.318. The van der Waals surface area contributed by atoms with Gasteiger partial charge in [-0.25, -0.2) is 0 Å². The average molecular weight is 396 g/mol. The van der Waals surface area contributed by atoms with E-state index in [-0.39, 0.29) is 18.2 Å². The van der Waals surface area contributed by atoms with Gasteiger partial charge in [0.2, 0.25) is 5.91 Å². The third-order valence-corrected chi connectivity index (χ3v) is 4.94. The molecule has 7 nitrogen and oxygen atoms in total. The van der Waals surface area contributed by atoms with E-state index in [4.69, 9.17) is 9.47 Å². The summed E-state index contributed by atoms with van der Waals surface area (Å²) in [7, 11) is 2.88. The van der Waals surface area contributed by atoms with Crippen molar-refractivity contribution >= 4 is 23.5 Å². The molecule has 29 heavy (non-hydrogen) atoms. The van der Waals surface area contributed by atoms with Crippen LogP contribution in [0.5, 0.6) is 5.75 Å². The average Bonchev–Trinajstić information content (AvgIpc) is 3.19. The van der Waals surface area contributed by atoms with Crippen molar-refractivity contribution in [2.24, 2.45) is 0 Å². The lowest BCUT2D eigenvalue weighted by molar-refractivity contribution is -0.141. The van der Waals surface area contributed by atoms with E-state index in [1.54, 1.807) is 60.5 Å². The number of methoxy groups -OCH3 is 2. The van der Waals surface area contributed by atoms with E-state index >= 15 is 0 Å². The van der Waals surface area contributed by atoms with Crippen LogP contribution >= 0.6 is 0 Å². The van der Waals surface area contributed by atoms with Crippen LogP contribution < -0.4 is 15.0 Å². The number of rotatable bonds is 7. The number of esters is 1. The number of benzene rings is 2. The van der Waals surface area contributed by atoms with Crippen LogP contribution in [0.4, 0.5) is 5.69 Å². The zero-order valence-electron chi connectivity index (χ0n) is 16.5. The van der Waals surface area contributed by atoms with Gasteiger partial charge in [-0.05, 0) is 48.4 Å². The van der Waals surface area contributed by atoms with Gasteiger partial charge < -0.3 is 19.7 Å². The van der Waals surface area contributed by atoms with E-state index < -0.39 is 12.0 Å². The Kier molecular flexibility index (Phi) is 6.49. The molecule has 1 fully saturated rings. The third-order valence-electron chi connectivity index (χ3n) is 4.94. The number of hydrogen-bond acceptors (Lipinski definition) is 5. The minimum atomic E-state index is -0.541. The standard InChI is InChI=1S/C22H24N2O5/c1-28-18-11-7-15(8-12-18)19(14-21(26)29-2)23-22(27)16-5-9-17(10-6-16)24-13-3-4-20(24)25/h5-12,19H,3-4,13-14H2,1-2H3,(H,23,27)/t19-/m0/s1. The highest BCUT2D eigenvalue weighted by molar-refractivity contribution is 5.97. The molecule has 2 aromatic rings. The van der Waals surface area contributed by atoms with Crippen molar-refractivity contribution in [1.29, 1.82) is 0 Å². The Bertz CT molecular complexity index is 877. The lowest BCUT2D eigenvalue weighted by atomic mass is 10.0. The molecule has 3 rings (SSSR count). The molecule has 1 atom stereocenters. The highest BCUT2D eigenvalue weighted by atomic mass is 16.5. The molecule has 1 N–H and O–H groups in total. The van der Waals surface area contributed by atoms with Crippen LogP contribution in [0.15, 0.2) is 48.5 Å². The molecule has 1 heterocycles. The molecule has 0 bridgehead atoms. The molecule has 0 unspecified atom stereocenters. The maximum Gasteiger partial charge on any atom is 0.307 e. The van der Waals surface area contributed by atoms with Crippen molar-refractivity contribution in [2.75, 3.05) is 25.7 Å². The maximum atomic E-state index is 12.7. The number of hydrogen-bond donors (Lipinski definition) is 1. The van der Waals surface area contributed by atoms with E-state index in [1.165, 1.54) is 7.11 Å². The predicted molar refractivity (Wildman–Crippen MR) is 108 cm³/mol. The number of nitrogens with one attached hydrogen (secondary N) is 1. The number of carbonyl (C=O) groups excluding carboxylic acids is 3. The molecular weight excluding hydrogens is 372 g/mol. The lowest BCUT2D eigenvalue weighted by Crippen LogP contribution is -2.30. The Hall–Kier alpha value is -3.35. The van der Waals surface area contributed by atoms with Gasteiger partial charge in [-0.3, -0.25) is 14.4 Å². The minimum Gasteiger partial charge on any atom is -0.497 e. The summed E-state index contributed by atoms with van der Waals surface area (Å²) in [6.07, 6.45) is 1.41. The van der Waals surface area contributed by atoms with Crippen molar-refractivity contribution in [2.45, 2.75) is 25.3 Å². The first kappa shape index (κ1) is 20.4. The molecule has 0 aromatic heterocycles. The molecule has 2 amide bonds. The summed E-state index contributed by atoms with van der Waals surface area (Å²) in [6, 6.07) is 13.5. The van der Waals surface area contributed by atoms with Crippen LogP contribution in [-0.2, 0) is 14.3 Å². The first-order valence-electron chi connectivity index (χ1n) is 9.44. The van der Waals surface area contributed by atoms with E-state index in [0.29, 0.717) is 24.3 Å². The highest BCUT2D eigenvalue weighted by Crippen LogP contribution is 2.24. The molecule has 1 aliphatic heterocycles. The summed E-state index contributed by atoms with van der Waals surface area (Å²) in [5, 5.41) is 2.89. The molecule has 0 spiro atoms. The Morgan fingerprint density at radius 2 is 1.76 bits per heavy atom. The summed E-state index contributed by atoms with van der Waals surface area (Å²) in [4.78, 5) is 38.2. The van der Waals surface area contributed by atoms with Gasteiger partial charge in [-0.2, -0.15) is 0 Å². The molecule has 152 valence electrons. The van der Waals surface area contributed by atoms with E-state index in [0.717, 1.165) is 17.7 Å². The molecule has 2 aromatic carbocycles. The Balaban J connectivity index is 1.74. The van der Waals surface area contributed by atoms with Crippen molar-refractivity contribution in [3.63, 3.8) is 0 Å². The Morgan fingerprint density at radius 3 is 2.31 bits per heavy atom. The highest BCUT2D eigenvalue weighted by Gasteiger charge is 2.23. The lowest BCUT2D eigenvalue weighted by Gasteiger charge is -2.19. The van der Waals surface area contributed by atoms with Gasteiger partial charge in [0, 0.05) is 24.2 Å². The zero-order chi connectivity index (χ0) is 20.8.